The van der Waals surface area contributed by atoms with E-state index in [2.05, 4.69) is 29.4 Å². The normalized spacial score (nSPS) is 22.6. The Morgan fingerprint density at radius 1 is 1.47 bits per heavy atom. The van der Waals surface area contributed by atoms with Crippen LogP contribution in [0.5, 0.6) is 0 Å². The summed E-state index contributed by atoms with van der Waals surface area (Å²) < 4.78 is 0. The second-order valence-electron chi connectivity index (χ2n) is 4.97. The minimum absolute atomic E-state index is 0.0720. The molecule has 1 saturated heterocycles. The fraction of sp³-hybridized carbons (Fsp3) is 0.923. The third-order valence-electron chi connectivity index (χ3n) is 3.47. The lowest BCUT2D eigenvalue weighted by Crippen LogP contribution is -2.44. The van der Waals surface area contributed by atoms with Crippen molar-refractivity contribution < 1.29 is 4.79 Å². The number of nitrogens with zero attached hydrogens (tertiary/aromatic N) is 1. The third kappa shape index (κ3) is 5.04. The molecule has 1 rings (SSSR count). The van der Waals surface area contributed by atoms with Crippen molar-refractivity contribution in [3.8, 4) is 0 Å². The fourth-order valence-electron chi connectivity index (χ4n) is 2.20. The smallest absolute Gasteiger partial charge is 0.236 e. The highest BCUT2D eigenvalue weighted by Crippen LogP contribution is 2.14. The van der Waals surface area contributed by atoms with E-state index in [9.17, 15) is 4.79 Å². The second-order valence-corrected chi connectivity index (χ2v) is 4.97. The third-order valence-corrected chi connectivity index (χ3v) is 3.47. The standard InChI is InChI=1S/C13H27N3O/c1-4-7-14-13(17)11(3)15-9-12-6-8-16(5-2)10-12/h11-12,15H,4-10H2,1-3H3,(H,14,17). The van der Waals surface area contributed by atoms with Crippen LogP contribution in [-0.4, -0.2) is 49.6 Å². The van der Waals surface area contributed by atoms with Gasteiger partial charge in [-0.3, -0.25) is 4.79 Å². The molecule has 0 aromatic carbocycles. The largest absolute Gasteiger partial charge is 0.355 e. The molecule has 17 heavy (non-hydrogen) atoms. The fourth-order valence-corrected chi connectivity index (χ4v) is 2.20. The van der Waals surface area contributed by atoms with Gasteiger partial charge in [0, 0.05) is 13.1 Å². The molecule has 2 N–H and O–H groups in total. The summed E-state index contributed by atoms with van der Waals surface area (Å²) in [6, 6.07) is -0.0720. The SMILES string of the molecule is CCCNC(=O)C(C)NCC1CCN(CC)C1. The quantitative estimate of drug-likeness (QED) is 0.694. The average molecular weight is 241 g/mol. The van der Waals surface area contributed by atoms with Crippen LogP contribution in [-0.2, 0) is 4.79 Å². The molecule has 0 aromatic heterocycles. The molecule has 0 radical (unpaired) electrons. The maximum Gasteiger partial charge on any atom is 0.236 e. The molecule has 0 spiro atoms. The Morgan fingerprint density at radius 3 is 2.82 bits per heavy atom. The molecule has 100 valence electrons. The van der Waals surface area contributed by atoms with E-state index in [1.165, 1.54) is 19.5 Å². The average Bonchev–Trinajstić information content (AvgIpc) is 2.80. The van der Waals surface area contributed by atoms with E-state index in [4.69, 9.17) is 0 Å². The van der Waals surface area contributed by atoms with Gasteiger partial charge in [-0.2, -0.15) is 0 Å². The lowest BCUT2D eigenvalue weighted by atomic mass is 10.1. The van der Waals surface area contributed by atoms with Crippen LogP contribution >= 0.6 is 0 Å². The van der Waals surface area contributed by atoms with Gasteiger partial charge in [-0.25, -0.2) is 0 Å². The molecule has 1 aliphatic rings. The lowest BCUT2D eigenvalue weighted by molar-refractivity contribution is -0.122. The zero-order valence-corrected chi connectivity index (χ0v) is 11.5. The minimum atomic E-state index is -0.0720. The summed E-state index contributed by atoms with van der Waals surface area (Å²) in [6.45, 7) is 11.5. The van der Waals surface area contributed by atoms with Crippen LogP contribution in [0.1, 0.15) is 33.6 Å². The van der Waals surface area contributed by atoms with Crippen molar-refractivity contribution in [3.63, 3.8) is 0 Å². The van der Waals surface area contributed by atoms with Crippen molar-refractivity contribution in [1.29, 1.82) is 0 Å². The van der Waals surface area contributed by atoms with Gasteiger partial charge in [-0.1, -0.05) is 13.8 Å². The van der Waals surface area contributed by atoms with Crippen LogP contribution in [0.3, 0.4) is 0 Å². The van der Waals surface area contributed by atoms with E-state index in [0.717, 1.165) is 26.1 Å². The molecule has 1 amide bonds. The van der Waals surface area contributed by atoms with E-state index in [-0.39, 0.29) is 11.9 Å². The molecule has 4 heteroatoms. The van der Waals surface area contributed by atoms with Crippen molar-refractivity contribution in [2.24, 2.45) is 5.92 Å². The van der Waals surface area contributed by atoms with Crippen LogP contribution in [0, 0.1) is 5.92 Å². The van der Waals surface area contributed by atoms with E-state index >= 15 is 0 Å². The number of amides is 1. The number of hydrogen-bond donors (Lipinski definition) is 2. The Balaban J connectivity index is 2.15. The van der Waals surface area contributed by atoms with Crippen LogP contribution in [0.4, 0.5) is 0 Å². The van der Waals surface area contributed by atoms with Gasteiger partial charge in [0.25, 0.3) is 0 Å². The Morgan fingerprint density at radius 2 is 2.24 bits per heavy atom. The van der Waals surface area contributed by atoms with Crippen LogP contribution in [0.25, 0.3) is 0 Å². The minimum Gasteiger partial charge on any atom is -0.355 e. The monoisotopic (exact) mass is 241 g/mol. The van der Waals surface area contributed by atoms with Gasteiger partial charge >= 0.3 is 0 Å². The summed E-state index contributed by atoms with van der Waals surface area (Å²) in [5.74, 6) is 0.827. The van der Waals surface area contributed by atoms with Crippen LogP contribution < -0.4 is 10.6 Å². The van der Waals surface area contributed by atoms with Gasteiger partial charge in [-0.15, -0.1) is 0 Å². The van der Waals surface area contributed by atoms with Crippen molar-refractivity contribution in [2.75, 3.05) is 32.7 Å². The number of carbonyl (C=O) groups excluding carboxylic acids is 1. The highest BCUT2D eigenvalue weighted by molar-refractivity contribution is 5.81. The van der Waals surface area contributed by atoms with Crippen LogP contribution in [0.2, 0.25) is 0 Å². The lowest BCUT2D eigenvalue weighted by Gasteiger charge is -2.17. The summed E-state index contributed by atoms with van der Waals surface area (Å²) >= 11 is 0. The van der Waals surface area contributed by atoms with Gasteiger partial charge < -0.3 is 15.5 Å². The molecule has 2 atom stereocenters. The molecule has 0 bridgehead atoms. The first-order valence-corrected chi connectivity index (χ1v) is 6.90. The summed E-state index contributed by atoms with van der Waals surface area (Å²) in [4.78, 5) is 14.1. The molecule has 1 aliphatic heterocycles. The van der Waals surface area contributed by atoms with Crippen LogP contribution in [0.15, 0.2) is 0 Å². The highest BCUT2D eigenvalue weighted by Gasteiger charge is 2.22. The molecule has 1 heterocycles. The molecule has 1 fully saturated rings. The van der Waals surface area contributed by atoms with Crippen molar-refractivity contribution >= 4 is 5.91 Å². The molecular formula is C13H27N3O. The number of likely N-dealkylation sites (tertiary alicyclic amines) is 1. The Kier molecular flexibility index (Phi) is 6.52. The van der Waals surface area contributed by atoms with Gasteiger partial charge in [0.1, 0.15) is 0 Å². The van der Waals surface area contributed by atoms with Gasteiger partial charge in [-0.05, 0) is 45.3 Å². The summed E-state index contributed by atoms with van der Waals surface area (Å²) in [5, 5.41) is 6.25. The molecule has 4 nitrogen and oxygen atoms in total. The molecule has 0 saturated carbocycles. The zero-order chi connectivity index (χ0) is 12.7. The molecule has 0 aromatic rings. The molecule has 0 aliphatic carbocycles. The second kappa shape index (κ2) is 7.67. The van der Waals surface area contributed by atoms with E-state index in [0.29, 0.717) is 5.92 Å². The molecule has 2 unspecified atom stereocenters. The van der Waals surface area contributed by atoms with E-state index in [1.54, 1.807) is 0 Å². The van der Waals surface area contributed by atoms with Gasteiger partial charge in [0.2, 0.25) is 5.91 Å². The first-order valence-electron chi connectivity index (χ1n) is 6.90. The Bertz CT molecular complexity index is 233. The predicted octanol–water partition coefficient (Wildman–Crippen LogP) is 0.833. The Labute approximate surface area is 105 Å². The highest BCUT2D eigenvalue weighted by atomic mass is 16.2. The van der Waals surface area contributed by atoms with Crippen molar-refractivity contribution in [3.05, 3.63) is 0 Å². The number of rotatable bonds is 7. The first kappa shape index (κ1) is 14.5. The van der Waals surface area contributed by atoms with Gasteiger partial charge in [0.15, 0.2) is 0 Å². The number of nitrogens with one attached hydrogen (secondary N) is 2. The van der Waals surface area contributed by atoms with Crippen molar-refractivity contribution in [2.45, 2.75) is 39.7 Å². The maximum atomic E-state index is 11.6. The van der Waals surface area contributed by atoms with Crippen molar-refractivity contribution in [1.82, 2.24) is 15.5 Å². The maximum absolute atomic E-state index is 11.6. The first-order chi connectivity index (χ1) is 8.17. The topological polar surface area (TPSA) is 44.4 Å². The predicted molar refractivity (Wildman–Crippen MR) is 71.0 cm³/mol. The number of hydrogen-bond acceptors (Lipinski definition) is 3. The summed E-state index contributed by atoms with van der Waals surface area (Å²) in [7, 11) is 0. The summed E-state index contributed by atoms with van der Waals surface area (Å²) in [6.07, 6.45) is 2.25. The zero-order valence-electron chi connectivity index (χ0n) is 11.5. The number of carbonyl (C=O) groups is 1. The van der Waals surface area contributed by atoms with E-state index < -0.39 is 0 Å². The Hall–Kier alpha value is -0.610. The van der Waals surface area contributed by atoms with Gasteiger partial charge in [0.05, 0.1) is 6.04 Å². The molecular weight excluding hydrogens is 214 g/mol. The van der Waals surface area contributed by atoms with E-state index in [1.807, 2.05) is 6.92 Å². The summed E-state index contributed by atoms with van der Waals surface area (Å²) in [5.41, 5.74) is 0.